The first-order valence-electron chi connectivity index (χ1n) is 9.35. The second kappa shape index (κ2) is 6.91. The highest BCUT2D eigenvalue weighted by molar-refractivity contribution is 6.34. The minimum atomic E-state index is -0.179. The molecule has 1 amide bonds. The normalized spacial score (nSPS) is 14.2. The van der Waals surface area contributed by atoms with Crippen molar-refractivity contribution in [1.29, 1.82) is 0 Å². The third-order valence-corrected chi connectivity index (χ3v) is 5.53. The molecule has 0 spiro atoms. The fraction of sp³-hybridized carbons (Fsp3) is 0.227. The van der Waals surface area contributed by atoms with Crippen LogP contribution in [0.25, 0.3) is 10.8 Å². The molecule has 2 N–H and O–H groups in total. The zero-order valence-corrected chi connectivity index (χ0v) is 15.9. The fourth-order valence-electron chi connectivity index (χ4n) is 3.93. The van der Waals surface area contributed by atoms with Crippen molar-refractivity contribution in [2.24, 2.45) is 0 Å². The van der Waals surface area contributed by atoms with E-state index in [9.17, 15) is 4.79 Å². The number of hydrogen-bond donors (Lipinski definition) is 2. The summed E-state index contributed by atoms with van der Waals surface area (Å²) in [5, 5.41) is 9.01. The summed E-state index contributed by atoms with van der Waals surface area (Å²) in [5.41, 5.74) is 4.23. The lowest BCUT2D eigenvalue weighted by atomic mass is 10.0. The first-order chi connectivity index (χ1) is 13.7. The molecule has 0 saturated heterocycles. The van der Waals surface area contributed by atoms with E-state index in [1.165, 1.54) is 16.5 Å². The Morgan fingerprint density at radius 1 is 0.964 bits per heavy atom. The quantitative estimate of drug-likeness (QED) is 0.688. The van der Waals surface area contributed by atoms with Crippen molar-refractivity contribution >= 4 is 39.7 Å². The van der Waals surface area contributed by atoms with E-state index < -0.39 is 0 Å². The number of nitrogens with one attached hydrogen (secondary N) is 2. The van der Waals surface area contributed by atoms with Gasteiger partial charge in [-0.05, 0) is 35.4 Å². The minimum absolute atomic E-state index is 0.142. The van der Waals surface area contributed by atoms with Crippen molar-refractivity contribution < 1.29 is 14.3 Å². The molecule has 6 heteroatoms. The Kier molecular flexibility index (Phi) is 4.24. The molecular formula is C22H19ClN2O3. The van der Waals surface area contributed by atoms with Gasteiger partial charge in [-0.15, -0.1) is 0 Å². The SMILES string of the molecule is O=C(CNc1ccc2c3c(cccc13)CC2)Nc1cc2c(cc1Cl)OCCO2. The second-order valence-electron chi connectivity index (χ2n) is 6.99. The van der Waals surface area contributed by atoms with E-state index in [1.54, 1.807) is 12.1 Å². The van der Waals surface area contributed by atoms with Crippen LogP contribution in [-0.2, 0) is 17.6 Å². The average Bonchev–Trinajstić information content (AvgIpc) is 3.13. The lowest BCUT2D eigenvalue weighted by Crippen LogP contribution is -2.22. The maximum atomic E-state index is 12.5. The maximum Gasteiger partial charge on any atom is 0.243 e. The number of hydrogen-bond acceptors (Lipinski definition) is 4. The number of rotatable bonds is 4. The molecule has 3 aromatic rings. The van der Waals surface area contributed by atoms with Crippen molar-refractivity contribution in [2.75, 3.05) is 30.4 Å². The molecule has 3 aromatic carbocycles. The van der Waals surface area contributed by atoms with Crippen molar-refractivity contribution in [3.8, 4) is 11.5 Å². The highest BCUT2D eigenvalue weighted by Gasteiger charge is 2.18. The van der Waals surface area contributed by atoms with E-state index in [1.807, 2.05) is 0 Å². The Balaban J connectivity index is 1.32. The number of aryl methyl sites for hydroxylation is 2. The fourth-order valence-corrected chi connectivity index (χ4v) is 4.13. The first-order valence-corrected chi connectivity index (χ1v) is 9.73. The lowest BCUT2D eigenvalue weighted by molar-refractivity contribution is -0.114. The largest absolute Gasteiger partial charge is 0.486 e. The molecule has 0 aromatic heterocycles. The summed E-state index contributed by atoms with van der Waals surface area (Å²) in [7, 11) is 0. The molecule has 0 atom stereocenters. The van der Waals surface area contributed by atoms with Gasteiger partial charge >= 0.3 is 0 Å². The molecule has 0 saturated carbocycles. The van der Waals surface area contributed by atoms with Gasteiger partial charge in [0.2, 0.25) is 5.91 Å². The Labute approximate surface area is 167 Å². The van der Waals surface area contributed by atoms with Gasteiger partial charge in [-0.1, -0.05) is 35.9 Å². The van der Waals surface area contributed by atoms with Gasteiger partial charge in [-0.3, -0.25) is 4.79 Å². The van der Waals surface area contributed by atoms with Crippen molar-refractivity contribution in [3.05, 3.63) is 58.6 Å². The van der Waals surface area contributed by atoms with Crippen LogP contribution < -0.4 is 20.1 Å². The number of amides is 1. The summed E-state index contributed by atoms with van der Waals surface area (Å²) in [6.45, 7) is 1.12. The number of benzene rings is 3. The van der Waals surface area contributed by atoms with Crippen molar-refractivity contribution in [1.82, 2.24) is 0 Å². The van der Waals surface area contributed by atoms with E-state index in [4.69, 9.17) is 21.1 Å². The number of anilines is 2. The molecule has 2 aliphatic rings. The van der Waals surface area contributed by atoms with E-state index >= 15 is 0 Å². The van der Waals surface area contributed by atoms with Crippen LogP contribution in [0.3, 0.4) is 0 Å². The van der Waals surface area contributed by atoms with Gasteiger partial charge in [0.25, 0.3) is 0 Å². The molecule has 0 bridgehead atoms. The van der Waals surface area contributed by atoms with Crippen LogP contribution in [0.2, 0.25) is 5.02 Å². The number of ether oxygens (including phenoxy) is 2. The van der Waals surface area contributed by atoms with Gasteiger partial charge in [0.1, 0.15) is 13.2 Å². The smallest absolute Gasteiger partial charge is 0.243 e. The molecule has 0 fully saturated rings. The number of carbonyl (C=O) groups excluding carboxylic acids is 1. The maximum absolute atomic E-state index is 12.5. The van der Waals surface area contributed by atoms with Crippen LogP contribution in [0.15, 0.2) is 42.5 Å². The van der Waals surface area contributed by atoms with E-state index in [0.717, 1.165) is 23.9 Å². The predicted molar refractivity (Wildman–Crippen MR) is 111 cm³/mol. The summed E-state index contributed by atoms with van der Waals surface area (Å²) in [5.74, 6) is 1.01. The van der Waals surface area contributed by atoms with E-state index in [-0.39, 0.29) is 12.5 Å². The molecule has 0 radical (unpaired) electrons. The summed E-state index contributed by atoms with van der Waals surface area (Å²) < 4.78 is 11.1. The molecule has 5 nitrogen and oxygen atoms in total. The standard InChI is InChI=1S/C22H19ClN2O3/c23-16-10-19-20(28-9-8-27-19)11-18(16)25-21(26)12-24-17-7-6-14-5-4-13-2-1-3-15(17)22(13)14/h1-3,6-7,10-11,24H,4-5,8-9,12H2,(H,25,26). The monoisotopic (exact) mass is 394 g/mol. The Morgan fingerprint density at radius 2 is 1.71 bits per heavy atom. The third-order valence-electron chi connectivity index (χ3n) is 5.22. The molecule has 5 rings (SSSR count). The molecule has 1 aliphatic carbocycles. The number of carbonyl (C=O) groups is 1. The minimum Gasteiger partial charge on any atom is -0.486 e. The molecule has 0 unspecified atom stereocenters. The van der Waals surface area contributed by atoms with Crippen LogP contribution in [-0.4, -0.2) is 25.7 Å². The third kappa shape index (κ3) is 3.02. The second-order valence-corrected chi connectivity index (χ2v) is 7.40. The molecule has 142 valence electrons. The summed E-state index contributed by atoms with van der Waals surface area (Å²) in [4.78, 5) is 12.5. The molecule has 28 heavy (non-hydrogen) atoms. The highest BCUT2D eigenvalue weighted by Crippen LogP contribution is 2.38. The lowest BCUT2D eigenvalue weighted by Gasteiger charge is -2.20. The predicted octanol–water partition coefficient (Wildman–Crippen LogP) is 4.41. The molecule has 1 heterocycles. The average molecular weight is 395 g/mol. The van der Waals surface area contributed by atoms with Crippen LogP contribution in [0, 0.1) is 0 Å². The summed E-state index contributed by atoms with van der Waals surface area (Å²) in [6.07, 6.45) is 2.17. The van der Waals surface area contributed by atoms with Crippen LogP contribution in [0.1, 0.15) is 11.1 Å². The van der Waals surface area contributed by atoms with E-state index in [2.05, 4.69) is 41.0 Å². The zero-order chi connectivity index (χ0) is 19.1. The molecule has 1 aliphatic heterocycles. The van der Waals surface area contributed by atoms with Gasteiger partial charge in [-0.25, -0.2) is 0 Å². The summed E-state index contributed by atoms with van der Waals surface area (Å²) >= 11 is 6.27. The van der Waals surface area contributed by atoms with Gasteiger partial charge in [0, 0.05) is 23.2 Å². The van der Waals surface area contributed by atoms with E-state index in [0.29, 0.717) is 35.4 Å². The Morgan fingerprint density at radius 3 is 2.54 bits per heavy atom. The van der Waals surface area contributed by atoms with Crippen LogP contribution >= 0.6 is 11.6 Å². The first kappa shape index (κ1) is 17.2. The highest BCUT2D eigenvalue weighted by atomic mass is 35.5. The van der Waals surface area contributed by atoms with Crippen molar-refractivity contribution in [2.45, 2.75) is 12.8 Å². The summed E-state index contributed by atoms with van der Waals surface area (Å²) in [6, 6.07) is 13.9. The topological polar surface area (TPSA) is 59.6 Å². The van der Waals surface area contributed by atoms with Crippen LogP contribution in [0.4, 0.5) is 11.4 Å². The number of fused-ring (bicyclic) bond motifs is 1. The zero-order valence-electron chi connectivity index (χ0n) is 15.2. The Bertz CT molecular complexity index is 1090. The number of halogens is 1. The van der Waals surface area contributed by atoms with Gasteiger partial charge in [-0.2, -0.15) is 0 Å². The van der Waals surface area contributed by atoms with Crippen molar-refractivity contribution in [3.63, 3.8) is 0 Å². The van der Waals surface area contributed by atoms with Gasteiger partial charge in [0.15, 0.2) is 11.5 Å². The van der Waals surface area contributed by atoms with Gasteiger partial charge < -0.3 is 20.1 Å². The molecular weight excluding hydrogens is 376 g/mol. The van der Waals surface area contributed by atoms with Crippen LogP contribution in [0.5, 0.6) is 11.5 Å². The Hall–Kier alpha value is -2.92. The van der Waals surface area contributed by atoms with Gasteiger partial charge in [0.05, 0.1) is 17.3 Å².